The van der Waals surface area contributed by atoms with Crippen LogP contribution in [0.2, 0.25) is 0 Å². The Morgan fingerprint density at radius 2 is 1.85 bits per heavy atom. The summed E-state index contributed by atoms with van der Waals surface area (Å²) in [6.45, 7) is 5.72. The first-order valence-corrected chi connectivity index (χ1v) is 11.0. The predicted octanol–water partition coefficient (Wildman–Crippen LogP) is 3.75. The number of rotatable bonds is 5. The maximum Gasteiger partial charge on any atom is 0.221 e. The molecule has 9 nitrogen and oxygen atoms in total. The third kappa shape index (κ3) is 5.49. The SMILES string of the molecule is CC(=O)Nc1cncc(Nc2cc(-c3cccnc3)nc([C@@H]3CC[C@H](C)N(C(C)=O)C3)n2)c1. The van der Waals surface area contributed by atoms with E-state index in [1.807, 2.05) is 23.1 Å². The first-order valence-electron chi connectivity index (χ1n) is 11.0. The van der Waals surface area contributed by atoms with E-state index in [0.29, 0.717) is 29.6 Å². The van der Waals surface area contributed by atoms with E-state index in [2.05, 4.69) is 27.5 Å². The number of piperidine rings is 1. The van der Waals surface area contributed by atoms with Crippen LogP contribution in [0.1, 0.15) is 45.4 Å². The van der Waals surface area contributed by atoms with Gasteiger partial charge in [-0.15, -0.1) is 0 Å². The molecule has 0 spiro atoms. The fraction of sp³-hybridized carbons (Fsp3) is 0.333. The number of hydrogen-bond acceptors (Lipinski definition) is 7. The Bertz CT molecular complexity index is 1150. The summed E-state index contributed by atoms with van der Waals surface area (Å²) in [6.07, 6.45) is 8.53. The van der Waals surface area contributed by atoms with E-state index in [0.717, 1.165) is 24.1 Å². The lowest BCUT2D eigenvalue weighted by molar-refractivity contribution is -0.132. The van der Waals surface area contributed by atoms with Gasteiger partial charge in [0.1, 0.15) is 11.6 Å². The smallest absolute Gasteiger partial charge is 0.221 e. The summed E-state index contributed by atoms with van der Waals surface area (Å²) in [6, 6.07) is 7.68. The highest BCUT2D eigenvalue weighted by molar-refractivity contribution is 5.89. The van der Waals surface area contributed by atoms with Gasteiger partial charge in [-0.05, 0) is 38.0 Å². The summed E-state index contributed by atoms with van der Waals surface area (Å²) in [7, 11) is 0. The van der Waals surface area contributed by atoms with Gasteiger partial charge in [-0.3, -0.25) is 19.6 Å². The molecule has 170 valence electrons. The van der Waals surface area contributed by atoms with Gasteiger partial charge in [-0.1, -0.05) is 0 Å². The summed E-state index contributed by atoms with van der Waals surface area (Å²) in [5, 5.41) is 6.02. The summed E-state index contributed by atoms with van der Waals surface area (Å²) >= 11 is 0. The molecule has 4 rings (SSSR count). The van der Waals surface area contributed by atoms with Crippen molar-refractivity contribution in [3.05, 3.63) is 54.9 Å². The topological polar surface area (TPSA) is 113 Å². The molecule has 3 aromatic rings. The van der Waals surface area contributed by atoms with Gasteiger partial charge in [0.25, 0.3) is 0 Å². The highest BCUT2D eigenvalue weighted by Crippen LogP contribution is 2.31. The zero-order valence-electron chi connectivity index (χ0n) is 18.9. The Hall–Kier alpha value is -3.88. The third-order valence-corrected chi connectivity index (χ3v) is 5.68. The van der Waals surface area contributed by atoms with Gasteiger partial charge in [0.15, 0.2) is 0 Å². The van der Waals surface area contributed by atoms with Gasteiger partial charge < -0.3 is 15.5 Å². The minimum atomic E-state index is -0.168. The maximum absolute atomic E-state index is 12.1. The molecule has 0 bridgehead atoms. The molecule has 9 heteroatoms. The van der Waals surface area contributed by atoms with Crippen LogP contribution in [0.25, 0.3) is 11.3 Å². The average Bonchev–Trinajstić information content (AvgIpc) is 2.79. The van der Waals surface area contributed by atoms with Gasteiger partial charge in [0, 0.05) is 56.4 Å². The van der Waals surface area contributed by atoms with Crippen molar-refractivity contribution in [2.45, 2.75) is 45.6 Å². The number of carbonyl (C=O) groups excluding carboxylic acids is 2. The van der Waals surface area contributed by atoms with Crippen molar-refractivity contribution in [2.75, 3.05) is 17.2 Å². The van der Waals surface area contributed by atoms with E-state index >= 15 is 0 Å². The number of amides is 2. The number of anilines is 3. The molecule has 0 aliphatic carbocycles. The fourth-order valence-electron chi connectivity index (χ4n) is 4.06. The molecule has 1 saturated heterocycles. The van der Waals surface area contributed by atoms with Crippen molar-refractivity contribution in [2.24, 2.45) is 0 Å². The Morgan fingerprint density at radius 3 is 2.58 bits per heavy atom. The van der Waals surface area contributed by atoms with E-state index in [1.165, 1.54) is 6.92 Å². The molecular formula is C24H27N7O2. The highest BCUT2D eigenvalue weighted by Gasteiger charge is 2.30. The van der Waals surface area contributed by atoms with Crippen molar-refractivity contribution < 1.29 is 9.59 Å². The number of nitrogens with zero attached hydrogens (tertiary/aromatic N) is 5. The maximum atomic E-state index is 12.1. The molecule has 4 heterocycles. The van der Waals surface area contributed by atoms with Crippen molar-refractivity contribution in [1.29, 1.82) is 0 Å². The molecule has 2 N–H and O–H groups in total. The predicted molar refractivity (Wildman–Crippen MR) is 126 cm³/mol. The zero-order chi connectivity index (χ0) is 23.4. The molecule has 1 aliphatic rings. The summed E-state index contributed by atoms with van der Waals surface area (Å²) < 4.78 is 0. The summed E-state index contributed by atoms with van der Waals surface area (Å²) in [5.41, 5.74) is 2.90. The van der Waals surface area contributed by atoms with Gasteiger partial charge in [0.05, 0.1) is 29.5 Å². The number of nitrogens with one attached hydrogen (secondary N) is 2. The number of aromatic nitrogens is 4. The molecule has 0 aromatic carbocycles. The van der Waals surface area contributed by atoms with Crippen LogP contribution in [0.4, 0.5) is 17.2 Å². The number of likely N-dealkylation sites (tertiary alicyclic amines) is 1. The van der Waals surface area contributed by atoms with Crippen LogP contribution in [0, 0.1) is 0 Å². The fourth-order valence-corrected chi connectivity index (χ4v) is 4.06. The monoisotopic (exact) mass is 445 g/mol. The average molecular weight is 446 g/mol. The third-order valence-electron chi connectivity index (χ3n) is 5.68. The molecule has 2 amide bonds. The number of hydrogen-bond donors (Lipinski definition) is 2. The van der Waals surface area contributed by atoms with Crippen LogP contribution < -0.4 is 10.6 Å². The van der Waals surface area contributed by atoms with Crippen LogP contribution in [0.3, 0.4) is 0 Å². The molecule has 33 heavy (non-hydrogen) atoms. The second kappa shape index (κ2) is 9.72. The standard InChI is InChI=1S/C24H27N7O2/c1-15-6-7-19(14-31(15)17(3)33)24-29-22(18-5-4-8-25-11-18)10-23(30-24)28-21-9-20(12-26-13-21)27-16(2)32/h4-5,8-13,15,19H,6-7,14H2,1-3H3,(H,27,32)(H,28,29,30)/t15-,19+/m0/s1. The van der Waals surface area contributed by atoms with Crippen molar-refractivity contribution in [1.82, 2.24) is 24.8 Å². The van der Waals surface area contributed by atoms with Crippen LogP contribution in [-0.2, 0) is 9.59 Å². The van der Waals surface area contributed by atoms with Gasteiger partial charge in [-0.2, -0.15) is 0 Å². The van der Waals surface area contributed by atoms with E-state index in [-0.39, 0.29) is 23.8 Å². The molecule has 0 radical (unpaired) electrons. The molecular weight excluding hydrogens is 418 g/mol. The Labute approximate surface area is 192 Å². The molecule has 0 saturated carbocycles. The van der Waals surface area contributed by atoms with E-state index in [1.54, 1.807) is 37.8 Å². The molecule has 3 aromatic heterocycles. The molecule has 0 unspecified atom stereocenters. The lowest BCUT2D eigenvalue weighted by atomic mass is 9.92. The largest absolute Gasteiger partial charge is 0.340 e. The van der Waals surface area contributed by atoms with E-state index < -0.39 is 0 Å². The van der Waals surface area contributed by atoms with Gasteiger partial charge in [-0.25, -0.2) is 9.97 Å². The highest BCUT2D eigenvalue weighted by atomic mass is 16.2. The van der Waals surface area contributed by atoms with E-state index in [9.17, 15) is 9.59 Å². The number of carbonyl (C=O) groups is 2. The van der Waals surface area contributed by atoms with Crippen molar-refractivity contribution in [3.63, 3.8) is 0 Å². The lowest BCUT2D eigenvalue weighted by Gasteiger charge is -2.37. The molecule has 1 aliphatic heterocycles. The Kier molecular flexibility index (Phi) is 6.58. The van der Waals surface area contributed by atoms with Gasteiger partial charge in [0.2, 0.25) is 11.8 Å². The van der Waals surface area contributed by atoms with Gasteiger partial charge >= 0.3 is 0 Å². The number of pyridine rings is 2. The first-order chi connectivity index (χ1) is 15.9. The quantitative estimate of drug-likeness (QED) is 0.615. The van der Waals surface area contributed by atoms with Crippen LogP contribution in [0.5, 0.6) is 0 Å². The second-order valence-electron chi connectivity index (χ2n) is 8.30. The van der Waals surface area contributed by atoms with Crippen molar-refractivity contribution in [3.8, 4) is 11.3 Å². The van der Waals surface area contributed by atoms with Crippen LogP contribution in [-0.4, -0.2) is 49.2 Å². The van der Waals surface area contributed by atoms with E-state index in [4.69, 9.17) is 9.97 Å². The van der Waals surface area contributed by atoms with Crippen LogP contribution >= 0.6 is 0 Å². The Morgan fingerprint density at radius 1 is 1.03 bits per heavy atom. The van der Waals surface area contributed by atoms with Crippen LogP contribution in [0.15, 0.2) is 49.1 Å². The molecule has 2 atom stereocenters. The zero-order valence-corrected chi connectivity index (χ0v) is 18.9. The summed E-state index contributed by atoms with van der Waals surface area (Å²) in [5.74, 6) is 1.22. The van der Waals surface area contributed by atoms with Crippen molar-refractivity contribution >= 4 is 29.0 Å². The summed E-state index contributed by atoms with van der Waals surface area (Å²) in [4.78, 5) is 43.4. The lowest BCUT2D eigenvalue weighted by Crippen LogP contribution is -2.44. The second-order valence-corrected chi connectivity index (χ2v) is 8.30. The minimum Gasteiger partial charge on any atom is -0.340 e. The Balaban J connectivity index is 1.69. The first kappa shape index (κ1) is 22.3. The minimum absolute atomic E-state index is 0.0334. The normalized spacial score (nSPS) is 18.0. The molecule has 1 fully saturated rings.